The summed E-state index contributed by atoms with van der Waals surface area (Å²) in [5.41, 5.74) is 4.14. The van der Waals surface area contributed by atoms with Gasteiger partial charge in [0.15, 0.2) is 0 Å². The van der Waals surface area contributed by atoms with Crippen molar-refractivity contribution in [3.8, 4) is 0 Å². The van der Waals surface area contributed by atoms with E-state index in [9.17, 15) is 0 Å². The summed E-state index contributed by atoms with van der Waals surface area (Å²) in [5.74, 6) is 0. The van der Waals surface area contributed by atoms with E-state index < -0.39 is 5.54 Å². The van der Waals surface area contributed by atoms with Crippen molar-refractivity contribution in [3.63, 3.8) is 0 Å². The molecule has 2 N–H and O–H groups in total. The standard InChI is InChI=1S/C27H24ClN3O/c1-32-19-24(29)23-18-30-26(28)17-25(23)31-27(20-11-5-2-6-12-20,21-13-7-3-8-14-21)22-15-9-4-10-16-22/h2-18,29H,19H2,1H3,(H,30,31). The van der Waals surface area contributed by atoms with Gasteiger partial charge in [0.05, 0.1) is 12.3 Å². The first-order valence-electron chi connectivity index (χ1n) is 10.3. The Morgan fingerprint density at radius 3 is 1.78 bits per heavy atom. The van der Waals surface area contributed by atoms with Crippen LogP contribution in [0.2, 0.25) is 5.15 Å². The van der Waals surface area contributed by atoms with Gasteiger partial charge in [-0.15, -0.1) is 0 Å². The molecule has 0 bridgehead atoms. The molecule has 0 unspecified atom stereocenters. The van der Waals surface area contributed by atoms with E-state index in [1.807, 2.05) is 54.6 Å². The lowest BCUT2D eigenvalue weighted by molar-refractivity contribution is 0.245. The fourth-order valence-corrected chi connectivity index (χ4v) is 4.14. The SMILES string of the molecule is COCC(=N)c1cnc(Cl)cc1NC(c1ccccc1)(c1ccccc1)c1ccccc1. The highest BCUT2D eigenvalue weighted by Crippen LogP contribution is 2.41. The zero-order valence-electron chi connectivity index (χ0n) is 17.8. The molecule has 0 aliphatic heterocycles. The summed E-state index contributed by atoms with van der Waals surface area (Å²) < 4.78 is 5.21. The van der Waals surface area contributed by atoms with Gasteiger partial charge in [-0.2, -0.15) is 0 Å². The van der Waals surface area contributed by atoms with E-state index in [4.69, 9.17) is 21.7 Å². The highest BCUT2D eigenvalue weighted by atomic mass is 35.5. The van der Waals surface area contributed by atoms with Crippen molar-refractivity contribution in [1.29, 1.82) is 5.41 Å². The van der Waals surface area contributed by atoms with Crippen molar-refractivity contribution < 1.29 is 4.74 Å². The smallest absolute Gasteiger partial charge is 0.131 e. The van der Waals surface area contributed by atoms with Crippen LogP contribution in [0.4, 0.5) is 5.69 Å². The minimum atomic E-state index is -0.726. The highest BCUT2D eigenvalue weighted by Gasteiger charge is 2.37. The van der Waals surface area contributed by atoms with Gasteiger partial charge in [-0.3, -0.25) is 0 Å². The summed E-state index contributed by atoms with van der Waals surface area (Å²) in [5, 5.41) is 12.6. The van der Waals surface area contributed by atoms with E-state index in [0.717, 1.165) is 16.7 Å². The lowest BCUT2D eigenvalue weighted by atomic mass is 9.76. The second-order valence-corrected chi connectivity index (χ2v) is 7.82. The van der Waals surface area contributed by atoms with Crippen molar-refractivity contribution in [1.82, 2.24) is 4.98 Å². The van der Waals surface area contributed by atoms with Gasteiger partial charge in [0.25, 0.3) is 0 Å². The van der Waals surface area contributed by atoms with Crippen LogP contribution in [0.15, 0.2) is 103 Å². The quantitative estimate of drug-likeness (QED) is 0.196. The third-order valence-electron chi connectivity index (χ3n) is 5.43. The average molecular weight is 442 g/mol. The summed E-state index contributed by atoms with van der Waals surface area (Å²) >= 11 is 6.31. The minimum Gasteiger partial charge on any atom is -0.378 e. The van der Waals surface area contributed by atoms with Crippen molar-refractivity contribution >= 4 is 23.0 Å². The zero-order chi connectivity index (χ0) is 22.4. The Bertz CT molecular complexity index is 1080. The number of aromatic nitrogens is 1. The van der Waals surface area contributed by atoms with Gasteiger partial charge in [0, 0.05) is 24.6 Å². The molecule has 0 aliphatic rings. The molecular weight excluding hydrogens is 418 g/mol. The monoisotopic (exact) mass is 441 g/mol. The minimum absolute atomic E-state index is 0.174. The van der Waals surface area contributed by atoms with Crippen LogP contribution in [-0.2, 0) is 10.3 Å². The van der Waals surface area contributed by atoms with Crippen LogP contribution in [0.3, 0.4) is 0 Å². The molecule has 4 nitrogen and oxygen atoms in total. The maximum absolute atomic E-state index is 8.51. The van der Waals surface area contributed by atoms with E-state index >= 15 is 0 Å². The van der Waals surface area contributed by atoms with Gasteiger partial charge in [0.1, 0.15) is 10.7 Å². The Hall–Kier alpha value is -3.47. The summed E-state index contributed by atoms with van der Waals surface area (Å²) in [4.78, 5) is 4.22. The molecule has 5 heteroatoms. The van der Waals surface area contributed by atoms with E-state index in [1.165, 1.54) is 0 Å². The number of benzene rings is 3. The van der Waals surface area contributed by atoms with Crippen LogP contribution in [0.5, 0.6) is 0 Å². The third-order valence-corrected chi connectivity index (χ3v) is 5.63. The number of ether oxygens (including phenoxy) is 1. The van der Waals surface area contributed by atoms with E-state index in [-0.39, 0.29) is 6.61 Å². The molecule has 0 spiro atoms. The Labute approximate surface area is 193 Å². The molecular formula is C27H24ClN3O. The molecule has 0 aliphatic carbocycles. The number of pyridine rings is 1. The van der Waals surface area contributed by atoms with Crippen molar-refractivity contribution in [2.75, 3.05) is 19.0 Å². The molecule has 1 aromatic heterocycles. The van der Waals surface area contributed by atoms with Gasteiger partial charge < -0.3 is 15.5 Å². The predicted octanol–water partition coefficient (Wildman–Crippen LogP) is 6.15. The highest BCUT2D eigenvalue weighted by molar-refractivity contribution is 6.29. The van der Waals surface area contributed by atoms with Gasteiger partial charge in [-0.05, 0) is 22.8 Å². The van der Waals surface area contributed by atoms with Gasteiger partial charge >= 0.3 is 0 Å². The number of anilines is 1. The molecule has 0 radical (unpaired) electrons. The fourth-order valence-electron chi connectivity index (χ4n) is 3.98. The molecule has 0 fully saturated rings. The number of nitrogens with zero attached hydrogens (tertiary/aromatic N) is 1. The third kappa shape index (κ3) is 4.28. The number of nitrogens with one attached hydrogen (secondary N) is 2. The Morgan fingerprint density at radius 2 is 1.34 bits per heavy atom. The summed E-state index contributed by atoms with van der Waals surface area (Å²) in [7, 11) is 1.58. The maximum Gasteiger partial charge on any atom is 0.131 e. The molecule has 0 amide bonds. The van der Waals surface area contributed by atoms with Crippen LogP contribution < -0.4 is 5.32 Å². The van der Waals surface area contributed by atoms with Gasteiger partial charge in [0.2, 0.25) is 0 Å². The van der Waals surface area contributed by atoms with E-state index in [0.29, 0.717) is 22.1 Å². The number of halogens is 1. The number of rotatable bonds is 8. The summed E-state index contributed by atoms with van der Waals surface area (Å²) in [6.45, 7) is 0.174. The van der Waals surface area contributed by atoms with Gasteiger partial charge in [-0.1, -0.05) is 103 Å². The van der Waals surface area contributed by atoms with Crippen LogP contribution in [0, 0.1) is 5.41 Å². The molecule has 160 valence electrons. The first-order chi connectivity index (χ1) is 15.6. The number of hydrogen-bond acceptors (Lipinski definition) is 4. The summed E-state index contributed by atoms with van der Waals surface area (Å²) in [6.07, 6.45) is 1.62. The number of hydrogen-bond donors (Lipinski definition) is 2. The largest absolute Gasteiger partial charge is 0.378 e. The van der Waals surface area contributed by atoms with Crippen molar-refractivity contribution in [2.45, 2.75) is 5.54 Å². The zero-order valence-corrected chi connectivity index (χ0v) is 18.5. The number of methoxy groups -OCH3 is 1. The fraction of sp³-hybridized carbons (Fsp3) is 0.111. The molecule has 0 atom stereocenters. The first-order valence-corrected chi connectivity index (χ1v) is 10.7. The maximum atomic E-state index is 8.51. The second-order valence-electron chi connectivity index (χ2n) is 7.44. The lowest BCUT2D eigenvalue weighted by Crippen LogP contribution is -2.38. The molecule has 0 saturated carbocycles. The Kier molecular flexibility index (Phi) is 6.64. The molecule has 4 aromatic rings. The molecule has 0 saturated heterocycles. The first kappa shape index (κ1) is 21.8. The molecule has 32 heavy (non-hydrogen) atoms. The Morgan fingerprint density at radius 1 is 0.875 bits per heavy atom. The van der Waals surface area contributed by atoms with Crippen LogP contribution >= 0.6 is 11.6 Å². The topological polar surface area (TPSA) is 58.0 Å². The van der Waals surface area contributed by atoms with Crippen LogP contribution in [0.25, 0.3) is 0 Å². The predicted molar refractivity (Wildman–Crippen MR) is 131 cm³/mol. The lowest BCUT2D eigenvalue weighted by Gasteiger charge is -2.38. The van der Waals surface area contributed by atoms with Crippen molar-refractivity contribution in [3.05, 3.63) is 131 Å². The normalized spacial score (nSPS) is 11.2. The Balaban J connectivity index is 2.00. The summed E-state index contributed by atoms with van der Waals surface area (Å²) in [6, 6.07) is 32.6. The van der Waals surface area contributed by atoms with Crippen LogP contribution in [-0.4, -0.2) is 24.4 Å². The van der Waals surface area contributed by atoms with Gasteiger partial charge in [-0.25, -0.2) is 4.98 Å². The molecule has 1 heterocycles. The van der Waals surface area contributed by atoms with Crippen LogP contribution in [0.1, 0.15) is 22.3 Å². The molecule has 4 rings (SSSR count). The second kappa shape index (κ2) is 9.77. The van der Waals surface area contributed by atoms with E-state index in [1.54, 1.807) is 19.4 Å². The van der Waals surface area contributed by atoms with Crippen molar-refractivity contribution in [2.24, 2.45) is 0 Å². The average Bonchev–Trinajstić information content (AvgIpc) is 2.84. The van der Waals surface area contributed by atoms with E-state index in [2.05, 4.69) is 46.7 Å². The molecule has 3 aromatic carbocycles.